The summed E-state index contributed by atoms with van der Waals surface area (Å²) in [5, 5.41) is 7.98. The van der Waals surface area contributed by atoms with E-state index in [9.17, 15) is 4.79 Å². The number of rotatable bonds is 5. The summed E-state index contributed by atoms with van der Waals surface area (Å²) in [5.74, 6) is 1.21. The monoisotopic (exact) mass is 301 g/mol. The Labute approximate surface area is 130 Å². The number of carbonyl (C=O) groups is 1. The van der Waals surface area contributed by atoms with E-state index in [1.165, 1.54) is 0 Å². The van der Waals surface area contributed by atoms with Crippen LogP contribution in [-0.4, -0.2) is 45.0 Å². The standard InChI is InChI=1S/C16H23N5O/c1-4-13-10-14(17-7-9-20-8-5-6-15(20)22)21-16(18-13)11(2)12(3)19-21/h10,17H,4-9H2,1-3H3. The smallest absolute Gasteiger partial charge is 0.222 e. The van der Waals surface area contributed by atoms with E-state index in [1.807, 2.05) is 22.4 Å². The lowest BCUT2D eigenvalue weighted by atomic mass is 10.2. The highest BCUT2D eigenvalue weighted by Gasteiger charge is 2.19. The average Bonchev–Trinajstić information content (AvgIpc) is 3.04. The molecule has 1 aliphatic rings. The summed E-state index contributed by atoms with van der Waals surface area (Å²) in [6.45, 7) is 8.50. The second-order valence-electron chi connectivity index (χ2n) is 5.84. The largest absolute Gasteiger partial charge is 0.368 e. The molecule has 0 radical (unpaired) electrons. The number of hydrogen-bond acceptors (Lipinski definition) is 4. The van der Waals surface area contributed by atoms with Crippen molar-refractivity contribution in [2.45, 2.75) is 40.0 Å². The third-order valence-corrected chi connectivity index (χ3v) is 4.33. The van der Waals surface area contributed by atoms with Crippen LogP contribution in [0.25, 0.3) is 5.65 Å². The lowest BCUT2D eigenvalue weighted by Crippen LogP contribution is -2.30. The molecule has 6 heteroatoms. The number of nitrogens with zero attached hydrogens (tertiary/aromatic N) is 4. The Bertz CT molecular complexity index is 706. The first-order valence-electron chi connectivity index (χ1n) is 7.97. The molecule has 0 bridgehead atoms. The molecular weight excluding hydrogens is 278 g/mol. The van der Waals surface area contributed by atoms with Crippen molar-refractivity contribution in [3.8, 4) is 0 Å². The summed E-state index contributed by atoms with van der Waals surface area (Å²) in [6.07, 6.45) is 2.56. The maximum absolute atomic E-state index is 11.6. The summed E-state index contributed by atoms with van der Waals surface area (Å²) in [4.78, 5) is 18.2. The molecule has 0 spiro atoms. The van der Waals surface area contributed by atoms with Crippen molar-refractivity contribution in [1.29, 1.82) is 0 Å². The van der Waals surface area contributed by atoms with E-state index in [1.54, 1.807) is 0 Å². The van der Waals surface area contributed by atoms with Crippen LogP contribution in [0.1, 0.15) is 36.7 Å². The summed E-state index contributed by atoms with van der Waals surface area (Å²) < 4.78 is 1.87. The van der Waals surface area contributed by atoms with Crippen LogP contribution < -0.4 is 5.32 Å². The molecule has 0 unspecified atom stereocenters. The molecule has 2 aromatic heterocycles. The number of aryl methyl sites for hydroxylation is 3. The zero-order valence-corrected chi connectivity index (χ0v) is 13.5. The van der Waals surface area contributed by atoms with E-state index >= 15 is 0 Å². The van der Waals surface area contributed by atoms with Gasteiger partial charge in [-0.2, -0.15) is 9.61 Å². The van der Waals surface area contributed by atoms with Crippen molar-refractivity contribution in [3.63, 3.8) is 0 Å². The Balaban J connectivity index is 1.80. The van der Waals surface area contributed by atoms with Gasteiger partial charge in [-0.1, -0.05) is 6.92 Å². The summed E-state index contributed by atoms with van der Waals surface area (Å²) >= 11 is 0. The Morgan fingerprint density at radius 3 is 2.86 bits per heavy atom. The number of nitrogens with one attached hydrogen (secondary N) is 1. The fourth-order valence-electron chi connectivity index (χ4n) is 2.85. The number of amides is 1. The molecule has 3 rings (SSSR count). The zero-order chi connectivity index (χ0) is 15.7. The highest BCUT2D eigenvalue weighted by atomic mass is 16.2. The van der Waals surface area contributed by atoms with Crippen LogP contribution in [0.15, 0.2) is 6.07 Å². The van der Waals surface area contributed by atoms with E-state index in [0.29, 0.717) is 6.42 Å². The number of likely N-dealkylation sites (tertiary alicyclic amines) is 1. The molecule has 1 amide bonds. The second-order valence-corrected chi connectivity index (χ2v) is 5.84. The lowest BCUT2D eigenvalue weighted by Gasteiger charge is -2.16. The molecule has 2 aromatic rings. The molecule has 1 fully saturated rings. The lowest BCUT2D eigenvalue weighted by molar-refractivity contribution is -0.127. The molecule has 1 aliphatic heterocycles. The number of anilines is 1. The van der Waals surface area contributed by atoms with E-state index in [-0.39, 0.29) is 5.91 Å². The summed E-state index contributed by atoms with van der Waals surface area (Å²) in [5.41, 5.74) is 4.08. The highest BCUT2D eigenvalue weighted by Crippen LogP contribution is 2.19. The zero-order valence-electron chi connectivity index (χ0n) is 13.5. The van der Waals surface area contributed by atoms with Gasteiger partial charge in [0, 0.05) is 43.4 Å². The number of hydrogen-bond donors (Lipinski definition) is 1. The van der Waals surface area contributed by atoms with Crippen LogP contribution >= 0.6 is 0 Å². The number of carbonyl (C=O) groups excluding carboxylic acids is 1. The normalized spacial score (nSPS) is 15.0. The molecule has 118 valence electrons. The van der Waals surface area contributed by atoms with Crippen LogP contribution in [0.3, 0.4) is 0 Å². The number of aromatic nitrogens is 3. The molecule has 3 heterocycles. The molecular formula is C16H23N5O. The average molecular weight is 301 g/mol. The van der Waals surface area contributed by atoms with E-state index < -0.39 is 0 Å². The Hall–Kier alpha value is -2.11. The van der Waals surface area contributed by atoms with Crippen molar-refractivity contribution in [1.82, 2.24) is 19.5 Å². The first-order valence-corrected chi connectivity index (χ1v) is 7.97. The Morgan fingerprint density at radius 1 is 1.36 bits per heavy atom. The van der Waals surface area contributed by atoms with E-state index in [0.717, 1.165) is 60.9 Å². The van der Waals surface area contributed by atoms with Gasteiger partial charge in [0.1, 0.15) is 5.82 Å². The van der Waals surface area contributed by atoms with Crippen molar-refractivity contribution in [2.24, 2.45) is 0 Å². The SMILES string of the molecule is CCc1cc(NCCN2CCCC2=O)n2nc(C)c(C)c2n1. The van der Waals surface area contributed by atoms with Crippen LogP contribution in [0, 0.1) is 13.8 Å². The Kier molecular flexibility index (Phi) is 4.00. The van der Waals surface area contributed by atoms with Crippen molar-refractivity contribution < 1.29 is 4.79 Å². The minimum absolute atomic E-state index is 0.265. The maximum Gasteiger partial charge on any atom is 0.222 e. The molecule has 0 aliphatic carbocycles. The van der Waals surface area contributed by atoms with Crippen LogP contribution in [0.2, 0.25) is 0 Å². The van der Waals surface area contributed by atoms with Gasteiger partial charge >= 0.3 is 0 Å². The van der Waals surface area contributed by atoms with E-state index in [2.05, 4.69) is 29.2 Å². The van der Waals surface area contributed by atoms with Gasteiger partial charge in [0.2, 0.25) is 5.91 Å². The van der Waals surface area contributed by atoms with Crippen LogP contribution in [0.4, 0.5) is 5.82 Å². The van der Waals surface area contributed by atoms with Gasteiger partial charge in [-0.25, -0.2) is 4.98 Å². The van der Waals surface area contributed by atoms with Gasteiger partial charge in [-0.15, -0.1) is 0 Å². The van der Waals surface area contributed by atoms with Crippen molar-refractivity contribution >= 4 is 17.4 Å². The van der Waals surface area contributed by atoms with Crippen molar-refractivity contribution in [3.05, 3.63) is 23.0 Å². The molecule has 6 nitrogen and oxygen atoms in total. The fourth-order valence-corrected chi connectivity index (χ4v) is 2.85. The first-order chi connectivity index (χ1) is 10.6. The summed E-state index contributed by atoms with van der Waals surface area (Å²) in [7, 11) is 0. The minimum Gasteiger partial charge on any atom is -0.368 e. The van der Waals surface area contributed by atoms with Gasteiger partial charge < -0.3 is 10.2 Å². The van der Waals surface area contributed by atoms with Crippen molar-refractivity contribution in [2.75, 3.05) is 25.0 Å². The third-order valence-electron chi connectivity index (χ3n) is 4.33. The second kappa shape index (κ2) is 5.94. The predicted molar refractivity (Wildman–Crippen MR) is 86.1 cm³/mol. The van der Waals surface area contributed by atoms with Gasteiger partial charge in [-0.05, 0) is 26.7 Å². The van der Waals surface area contributed by atoms with Crippen LogP contribution in [-0.2, 0) is 11.2 Å². The molecule has 0 atom stereocenters. The highest BCUT2D eigenvalue weighted by molar-refractivity contribution is 5.78. The maximum atomic E-state index is 11.6. The van der Waals surface area contributed by atoms with Crippen LogP contribution in [0.5, 0.6) is 0 Å². The third kappa shape index (κ3) is 2.65. The first kappa shape index (κ1) is 14.8. The van der Waals surface area contributed by atoms with Gasteiger partial charge in [-0.3, -0.25) is 4.79 Å². The Morgan fingerprint density at radius 2 is 2.18 bits per heavy atom. The number of fused-ring (bicyclic) bond motifs is 1. The molecule has 0 aromatic carbocycles. The predicted octanol–water partition coefficient (Wildman–Crippen LogP) is 1.94. The van der Waals surface area contributed by atoms with Gasteiger partial charge in [0.25, 0.3) is 0 Å². The molecule has 22 heavy (non-hydrogen) atoms. The molecule has 1 saturated heterocycles. The molecule has 0 saturated carbocycles. The minimum atomic E-state index is 0.265. The summed E-state index contributed by atoms with van der Waals surface area (Å²) in [6, 6.07) is 2.05. The van der Waals surface area contributed by atoms with Gasteiger partial charge in [0.05, 0.1) is 5.69 Å². The van der Waals surface area contributed by atoms with Gasteiger partial charge in [0.15, 0.2) is 5.65 Å². The quantitative estimate of drug-likeness (QED) is 0.917. The topological polar surface area (TPSA) is 62.5 Å². The molecule has 1 N–H and O–H groups in total. The fraction of sp³-hybridized carbons (Fsp3) is 0.562. The van der Waals surface area contributed by atoms with E-state index in [4.69, 9.17) is 0 Å².